The highest BCUT2D eigenvalue weighted by Crippen LogP contribution is 2.15. The Morgan fingerprint density at radius 1 is 0.269 bits per heavy atom. The molecule has 0 aliphatic carbocycles. The fraction of sp³-hybridized carbons (Fsp3) is 1.00. The SMILES string of the molecule is CCCCCCCCCCCCCCCCCCN(OCCO)OCCO.CCCCCCCCCCCCCCCCN(OCCO)OCCO. The predicted molar refractivity (Wildman–Crippen MR) is 215 cm³/mol. The zero-order valence-corrected chi connectivity index (χ0v) is 34.6. The molecule has 0 aromatic carbocycles. The maximum atomic E-state index is 8.80. The first-order valence-electron chi connectivity index (χ1n) is 22.2. The molecule has 0 radical (unpaired) electrons. The lowest BCUT2D eigenvalue weighted by Gasteiger charge is -2.20. The van der Waals surface area contributed by atoms with Crippen LogP contribution in [0.2, 0.25) is 0 Å². The molecule has 10 nitrogen and oxygen atoms in total. The Labute approximate surface area is 322 Å². The topological polar surface area (TPSA) is 124 Å². The second-order valence-corrected chi connectivity index (χ2v) is 14.2. The summed E-state index contributed by atoms with van der Waals surface area (Å²) in [5, 5.41) is 37.9. The van der Waals surface area contributed by atoms with Crippen molar-refractivity contribution >= 4 is 0 Å². The van der Waals surface area contributed by atoms with E-state index in [9.17, 15) is 0 Å². The van der Waals surface area contributed by atoms with Crippen molar-refractivity contribution in [3.63, 3.8) is 0 Å². The van der Waals surface area contributed by atoms with Crippen molar-refractivity contribution in [3.8, 4) is 0 Å². The van der Waals surface area contributed by atoms with Crippen molar-refractivity contribution in [1.82, 2.24) is 10.5 Å². The minimum absolute atomic E-state index is 0.0298. The van der Waals surface area contributed by atoms with Gasteiger partial charge in [0, 0.05) is 0 Å². The minimum Gasteiger partial charge on any atom is -0.394 e. The van der Waals surface area contributed by atoms with Gasteiger partial charge in [0.1, 0.15) is 0 Å². The second kappa shape index (κ2) is 50.6. The summed E-state index contributed by atoms with van der Waals surface area (Å²) >= 11 is 0. The van der Waals surface area contributed by atoms with Crippen molar-refractivity contribution < 1.29 is 39.8 Å². The van der Waals surface area contributed by atoms with Crippen LogP contribution in [-0.4, -0.2) is 96.8 Å². The van der Waals surface area contributed by atoms with Crippen molar-refractivity contribution in [1.29, 1.82) is 0 Å². The van der Waals surface area contributed by atoms with Gasteiger partial charge >= 0.3 is 0 Å². The predicted octanol–water partition coefficient (Wildman–Crippen LogP) is 10.0. The lowest BCUT2D eigenvalue weighted by molar-refractivity contribution is -0.371. The first-order valence-corrected chi connectivity index (χ1v) is 22.2. The summed E-state index contributed by atoms with van der Waals surface area (Å²) in [6.07, 6.45) is 40.3. The molecule has 0 aromatic rings. The first-order chi connectivity index (χ1) is 25.7. The van der Waals surface area contributed by atoms with E-state index in [-0.39, 0.29) is 52.9 Å². The molecule has 0 saturated carbocycles. The summed E-state index contributed by atoms with van der Waals surface area (Å²) in [5.41, 5.74) is 0. The molecular formula is C42H90N2O8. The third kappa shape index (κ3) is 47.6. The van der Waals surface area contributed by atoms with E-state index in [1.165, 1.54) is 190 Å². The van der Waals surface area contributed by atoms with Crippen LogP contribution in [0.5, 0.6) is 0 Å². The highest BCUT2D eigenvalue weighted by molar-refractivity contribution is 4.52. The molecule has 0 spiro atoms. The van der Waals surface area contributed by atoms with E-state index < -0.39 is 0 Å². The fourth-order valence-electron chi connectivity index (χ4n) is 6.13. The second-order valence-electron chi connectivity index (χ2n) is 14.2. The molecule has 4 N–H and O–H groups in total. The van der Waals surface area contributed by atoms with Gasteiger partial charge in [0.15, 0.2) is 0 Å². The van der Waals surface area contributed by atoms with E-state index in [0.717, 1.165) is 12.8 Å². The van der Waals surface area contributed by atoms with Gasteiger partial charge in [-0.3, -0.25) is 19.4 Å². The van der Waals surface area contributed by atoms with Gasteiger partial charge in [-0.15, -0.1) is 0 Å². The van der Waals surface area contributed by atoms with E-state index in [4.69, 9.17) is 39.8 Å². The number of rotatable bonds is 44. The standard InChI is InChI=1S/C22H47NO4.C20H43NO4/c1-2-3-4-5-6-7-8-9-10-11-12-13-14-15-16-17-18-23(26-21-19-24)27-22-20-25;1-2-3-4-5-6-7-8-9-10-11-12-13-14-15-16-21(24-19-17-22)25-20-18-23/h24-25H,2-22H2,1H3;22-23H,2-20H2,1H3. The zero-order chi connectivity index (χ0) is 38.3. The fourth-order valence-corrected chi connectivity index (χ4v) is 6.13. The van der Waals surface area contributed by atoms with Crippen molar-refractivity contribution in [3.05, 3.63) is 0 Å². The average molecular weight is 751 g/mol. The van der Waals surface area contributed by atoms with E-state index in [0.29, 0.717) is 13.1 Å². The molecule has 0 amide bonds. The number of hydroxylamine groups is 4. The number of hydrogen-bond acceptors (Lipinski definition) is 10. The van der Waals surface area contributed by atoms with Crippen LogP contribution in [0.15, 0.2) is 0 Å². The number of unbranched alkanes of at least 4 members (excludes halogenated alkanes) is 28. The van der Waals surface area contributed by atoms with Crippen molar-refractivity contribution in [2.75, 3.05) is 65.9 Å². The third-order valence-electron chi connectivity index (χ3n) is 9.19. The Hall–Kier alpha value is -0.400. The normalized spacial score (nSPS) is 11.5. The lowest BCUT2D eigenvalue weighted by atomic mass is 10.0. The van der Waals surface area contributed by atoms with Gasteiger partial charge in [0.2, 0.25) is 0 Å². The zero-order valence-electron chi connectivity index (χ0n) is 34.6. The van der Waals surface area contributed by atoms with E-state index in [1.54, 1.807) is 0 Å². The minimum atomic E-state index is -0.0300. The number of nitrogens with zero attached hydrogens (tertiary/aromatic N) is 2. The van der Waals surface area contributed by atoms with Crippen molar-refractivity contribution in [2.24, 2.45) is 0 Å². The molecule has 0 fully saturated rings. The molecule has 0 heterocycles. The van der Waals surface area contributed by atoms with Crippen LogP contribution in [0.4, 0.5) is 0 Å². The van der Waals surface area contributed by atoms with E-state index in [2.05, 4.69) is 13.8 Å². The van der Waals surface area contributed by atoms with Crippen LogP contribution in [0.1, 0.15) is 206 Å². The smallest absolute Gasteiger partial charge is 0.0942 e. The maximum Gasteiger partial charge on any atom is 0.0942 e. The largest absolute Gasteiger partial charge is 0.394 e. The van der Waals surface area contributed by atoms with Crippen LogP contribution in [0.25, 0.3) is 0 Å². The van der Waals surface area contributed by atoms with Gasteiger partial charge in [0.05, 0.1) is 65.9 Å². The summed E-state index contributed by atoms with van der Waals surface area (Å²) in [5.74, 6) is 0. The summed E-state index contributed by atoms with van der Waals surface area (Å²) < 4.78 is 0. The van der Waals surface area contributed by atoms with E-state index >= 15 is 0 Å². The van der Waals surface area contributed by atoms with Crippen LogP contribution in [-0.2, 0) is 19.4 Å². The molecule has 0 rings (SSSR count). The molecular weight excluding hydrogens is 660 g/mol. The summed E-state index contributed by atoms with van der Waals surface area (Å²) in [4.78, 5) is 21.0. The van der Waals surface area contributed by atoms with Crippen molar-refractivity contribution in [2.45, 2.75) is 206 Å². The first kappa shape index (κ1) is 53.7. The molecule has 316 valence electrons. The maximum absolute atomic E-state index is 8.80. The molecule has 0 aromatic heterocycles. The van der Waals surface area contributed by atoms with Gasteiger partial charge in [-0.05, 0) is 12.8 Å². The average Bonchev–Trinajstić information content (AvgIpc) is 3.16. The van der Waals surface area contributed by atoms with Gasteiger partial charge in [0.25, 0.3) is 0 Å². The number of hydrogen-bond donors (Lipinski definition) is 4. The Morgan fingerprint density at radius 3 is 0.615 bits per heavy atom. The highest BCUT2D eigenvalue weighted by atomic mass is 17.0. The van der Waals surface area contributed by atoms with Crippen LogP contribution >= 0.6 is 0 Å². The quantitative estimate of drug-likeness (QED) is 0.0353. The molecule has 10 heteroatoms. The molecule has 0 aliphatic heterocycles. The van der Waals surface area contributed by atoms with Crippen LogP contribution in [0, 0.1) is 0 Å². The van der Waals surface area contributed by atoms with Gasteiger partial charge < -0.3 is 20.4 Å². The monoisotopic (exact) mass is 751 g/mol. The van der Waals surface area contributed by atoms with Crippen LogP contribution < -0.4 is 0 Å². The third-order valence-corrected chi connectivity index (χ3v) is 9.19. The molecule has 0 aliphatic rings. The van der Waals surface area contributed by atoms with Gasteiger partial charge in [-0.1, -0.05) is 204 Å². The molecule has 52 heavy (non-hydrogen) atoms. The Kier molecular flexibility index (Phi) is 52.3. The summed E-state index contributed by atoms with van der Waals surface area (Å²) in [6.45, 7) is 6.69. The highest BCUT2D eigenvalue weighted by Gasteiger charge is 2.07. The molecule has 0 unspecified atom stereocenters. The molecule has 0 bridgehead atoms. The van der Waals surface area contributed by atoms with E-state index in [1.807, 2.05) is 0 Å². The summed E-state index contributed by atoms with van der Waals surface area (Å²) in [7, 11) is 0. The Bertz CT molecular complexity index is 592. The molecule has 0 saturated heterocycles. The number of aliphatic hydroxyl groups excluding tert-OH is 4. The molecule has 0 atom stereocenters. The van der Waals surface area contributed by atoms with Gasteiger partial charge in [-0.2, -0.15) is 0 Å². The van der Waals surface area contributed by atoms with Gasteiger partial charge in [-0.25, -0.2) is 0 Å². The Morgan fingerprint density at radius 2 is 0.442 bits per heavy atom. The van der Waals surface area contributed by atoms with Crippen LogP contribution in [0.3, 0.4) is 0 Å². The Balaban J connectivity index is 0. The lowest BCUT2D eigenvalue weighted by Crippen LogP contribution is -2.28. The number of aliphatic hydroxyl groups is 4. The summed E-state index contributed by atoms with van der Waals surface area (Å²) in [6, 6.07) is 0.